The number of aromatic nitrogens is 2. The summed E-state index contributed by atoms with van der Waals surface area (Å²) in [6.07, 6.45) is 0. The Bertz CT molecular complexity index is 605. The number of nitrogens with one attached hydrogen (secondary N) is 1. The summed E-state index contributed by atoms with van der Waals surface area (Å²) in [5.74, 6) is 1.02. The summed E-state index contributed by atoms with van der Waals surface area (Å²) in [4.78, 5) is 13.1. The summed E-state index contributed by atoms with van der Waals surface area (Å²) < 4.78 is 5.10. The van der Waals surface area contributed by atoms with Crippen molar-refractivity contribution < 1.29 is 9.53 Å². The summed E-state index contributed by atoms with van der Waals surface area (Å²) in [7, 11) is 1.62. The van der Waals surface area contributed by atoms with Crippen LogP contribution in [0.1, 0.15) is 6.92 Å². The van der Waals surface area contributed by atoms with Gasteiger partial charge in [-0.05, 0) is 43.3 Å². The van der Waals surface area contributed by atoms with E-state index in [0.29, 0.717) is 5.82 Å². The summed E-state index contributed by atoms with van der Waals surface area (Å²) in [5, 5.41) is 10.2. The van der Waals surface area contributed by atoms with Gasteiger partial charge >= 0.3 is 0 Å². The van der Waals surface area contributed by atoms with Gasteiger partial charge in [-0.2, -0.15) is 0 Å². The van der Waals surface area contributed by atoms with Gasteiger partial charge in [0.05, 0.1) is 12.4 Å². The van der Waals surface area contributed by atoms with Crippen molar-refractivity contribution in [1.29, 1.82) is 0 Å². The molecule has 1 aromatic heterocycles. The molecule has 1 atom stereocenters. The molecule has 0 aliphatic carbocycles. The number of methoxy groups -OCH3 is 1. The number of ether oxygens (including phenoxy) is 1. The Morgan fingerprint density at radius 1 is 1.24 bits per heavy atom. The van der Waals surface area contributed by atoms with Crippen molar-refractivity contribution in [1.82, 2.24) is 10.2 Å². The zero-order valence-corrected chi connectivity index (χ0v) is 13.1. The third kappa shape index (κ3) is 4.61. The van der Waals surface area contributed by atoms with Gasteiger partial charge in [-0.1, -0.05) is 11.6 Å². The van der Waals surface area contributed by atoms with E-state index < -0.39 is 0 Å². The van der Waals surface area contributed by atoms with Crippen molar-refractivity contribution in [3.63, 3.8) is 0 Å². The molecule has 0 bridgehead atoms. The molecule has 2 rings (SSSR count). The van der Waals surface area contributed by atoms with Crippen LogP contribution in [0, 0.1) is 0 Å². The Balaban J connectivity index is 1.93. The zero-order valence-electron chi connectivity index (χ0n) is 11.5. The minimum Gasteiger partial charge on any atom is -0.497 e. The second kappa shape index (κ2) is 7.28. The second-order valence-corrected chi connectivity index (χ2v) is 5.97. The number of hydrogen-bond donors (Lipinski definition) is 1. The van der Waals surface area contributed by atoms with Crippen LogP contribution in [0.15, 0.2) is 41.3 Å². The van der Waals surface area contributed by atoms with Crippen LogP contribution < -0.4 is 10.1 Å². The van der Waals surface area contributed by atoms with Gasteiger partial charge in [-0.15, -0.1) is 22.0 Å². The average molecular weight is 324 g/mol. The number of nitrogens with zero attached hydrogens (tertiary/aromatic N) is 2. The maximum atomic E-state index is 12.1. The number of anilines is 1. The van der Waals surface area contributed by atoms with E-state index in [0.717, 1.165) is 10.6 Å². The van der Waals surface area contributed by atoms with Gasteiger partial charge in [0, 0.05) is 4.90 Å². The number of rotatable bonds is 5. The predicted molar refractivity (Wildman–Crippen MR) is 84.0 cm³/mol. The van der Waals surface area contributed by atoms with E-state index in [-0.39, 0.29) is 16.3 Å². The highest BCUT2D eigenvalue weighted by Gasteiger charge is 2.15. The first-order valence-electron chi connectivity index (χ1n) is 6.19. The molecule has 2 aromatic rings. The Labute approximate surface area is 132 Å². The predicted octanol–water partition coefficient (Wildman–Crippen LogP) is 3.26. The van der Waals surface area contributed by atoms with Gasteiger partial charge in [-0.3, -0.25) is 4.79 Å². The normalized spacial score (nSPS) is 11.8. The molecule has 1 heterocycles. The van der Waals surface area contributed by atoms with Crippen LogP contribution >= 0.6 is 23.4 Å². The topological polar surface area (TPSA) is 64.1 Å². The molecule has 5 nitrogen and oxygen atoms in total. The highest BCUT2D eigenvalue weighted by atomic mass is 35.5. The van der Waals surface area contributed by atoms with Crippen molar-refractivity contribution in [3.8, 4) is 5.75 Å². The summed E-state index contributed by atoms with van der Waals surface area (Å²) in [6, 6.07) is 10.7. The Morgan fingerprint density at radius 2 is 1.95 bits per heavy atom. The van der Waals surface area contributed by atoms with Crippen LogP contribution in [0.25, 0.3) is 0 Å². The molecule has 0 saturated carbocycles. The Hall–Kier alpha value is -1.79. The first-order valence-corrected chi connectivity index (χ1v) is 7.45. The molecule has 1 unspecified atom stereocenters. The van der Waals surface area contributed by atoms with Crippen molar-refractivity contribution in [3.05, 3.63) is 41.6 Å². The van der Waals surface area contributed by atoms with Crippen molar-refractivity contribution in [2.24, 2.45) is 0 Å². The molecule has 1 amide bonds. The molecular weight excluding hydrogens is 310 g/mol. The lowest BCUT2D eigenvalue weighted by atomic mass is 10.3. The summed E-state index contributed by atoms with van der Waals surface area (Å²) in [6.45, 7) is 1.83. The smallest absolute Gasteiger partial charge is 0.238 e. The number of hydrogen-bond acceptors (Lipinski definition) is 5. The lowest BCUT2D eigenvalue weighted by Crippen LogP contribution is -2.23. The number of halogens is 1. The van der Waals surface area contributed by atoms with E-state index >= 15 is 0 Å². The molecule has 0 spiro atoms. The van der Waals surface area contributed by atoms with Crippen LogP contribution in [0.5, 0.6) is 5.75 Å². The molecule has 110 valence electrons. The van der Waals surface area contributed by atoms with Gasteiger partial charge in [0.15, 0.2) is 11.0 Å². The van der Waals surface area contributed by atoms with E-state index in [1.54, 1.807) is 19.2 Å². The third-order valence-corrected chi connectivity index (χ3v) is 3.94. The van der Waals surface area contributed by atoms with E-state index in [2.05, 4.69) is 15.5 Å². The van der Waals surface area contributed by atoms with E-state index in [4.69, 9.17) is 16.3 Å². The minimum atomic E-state index is -0.268. The molecule has 7 heteroatoms. The minimum absolute atomic E-state index is 0.146. The quantitative estimate of drug-likeness (QED) is 0.856. The molecule has 1 aromatic carbocycles. The molecule has 21 heavy (non-hydrogen) atoms. The van der Waals surface area contributed by atoms with E-state index in [1.807, 2.05) is 31.2 Å². The maximum absolute atomic E-state index is 12.1. The fourth-order valence-corrected chi connectivity index (χ4v) is 2.49. The number of benzene rings is 1. The molecular formula is C14H14ClN3O2S. The number of amides is 1. The van der Waals surface area contributed by atoms with Gasteiger partial charge in [0.1, 0.15) is 5.75 Å². The monoisotopic (exact) mass is 323 g/mol. The van der Waals surface area contributed by atoms with E-state index in [1.165, 1.54) is 11.8 Å². The molecule has 0 radical (unpaired) electrons. The van der Waals surface area contributed by atoms with Crippen LogP contribution in [-0.2, 0) is 4.79 Å². The summed E-state index contributed by atoms with van der Waals surface area (Å²) >= 11 is 7.09. The average Bonchev–Trinajstić information content (AvgIpc) is 2.50. The van der Waals surface area contributed by atoms with Crippen molar-refractivity contribution >= 4 is 35.1 Å². The fourth-order valence-electron chi connectivity index (χ4n) is 1.52. The van der Waals surface area contributed by atoms with Gasteiger partial charge < -0.3 is 10.1 Å². The fraction of sp³-hybridized carbons (Fsp3) is 0.214. The molecule has 1 N–H and O–H groups in total. The maximum Gasteiger partial charge on any atom is 0.238 e. The van der Waals surface area contributed by atoms with Crippen LogP contribution in [0.2, 0.25) is 5.15 Å². The highest BCUT2D eigenvalue weighted by molar-refractivity contribution is 8.00. The second-order valence-electron chi connectivity index (χ2n) is 4.17. The van der Waals surface area contributed by atoms with Crippen molar-refractivity contribution in [2.75, 3.05) is 12.4 Å². The summed E-state index contributed by atoms with van der Waals surface area (Å²) in [5.41, 5.74) is 0. The number of carbonyl (C=O) groups is 1. The molecule has 0 saturated heterocycles. The standard InChI is InChI=1S/C14H14ClN3O2S/c1-9(21-11-5-3-10(20-2)4-6-11)14(19)16-13-8-7-12(15)17-18-13/h3-9H,1-2H3,(H,16,18,19). The Kier molecular flexibility index (Phi) is 5.41. The van der Waals surface area contributed by atoms with Gasteiger partial charge in [0.2, 0.25) is 5.91 Å². The van der Waals surface area contributed by atoms with Gasteiger partial charge in [-0.25, -0.2) is 0 Å². The lowest BCUT2D eigenvalue weighted by Gasteiger charge is -2.11. The first-order chi connectivity index (χ1) is 10.1. The lowest BCUT2D eigenvalue weighted by molar-refractivity contribution is -0.115. The molecule has 0 aliphatic rings. The third-order valence-electron chi connectivity index (χ3n) is 2.62. The van der Waals surface area contributed by atoms with Crippen molar-refractivity contribution in [2.45, 2.75) is 17.1 Å². The molecule has 0 fully saturated rings. The van der Waals surface area contributed by atoms with Crippen LogP contribution in [0.3, 0.4) is 0 Å². The largest absolute Gasteiger partial charge is 0.497 e. The Morgan fingerprint density at radius 3 is 2.52 bits per heavy atom. The molecule has 0 aliphatic heterocycles. The SMILES string of the molecule is COc1ccc(SC(C)C(=O)Nc2ccc(Cl)nn2)cc1. The van der Waals surface area contributed by atoms with Gasteiger partial charge in [0.25, 0.3) is 0 Å². The van der Waals surface area contributed by atoms with E-state index in [9.17, 15) is 4.79 Å². The van der Waals surface area contributed by atoms with Crippen LogP contribution in [0.4, 0.5) is 5.82 Å². The first kappa shape index (κ1) is 15.6. The van der Waals surface area contributed by atoms with Crippen LogP contribution in [-0.4, -0.2) is 28.5 Å². The number of carbonyl (C=O) groups excluding carboxylic acids is 1. The number of thioether (sulfide) groups is 1. The zero-order chi connectivity index (χ0) is 15.2. The highest BCUT2D eigenvalue weighted by Crippen LogP contribution is 2.26.